The number of hydrogen-bond acceptors (Lipinski definition) is 3. The SMILES string of the molecule is [CH2]COc1ccc2ccccc2c1Sc1c(OC)ccc2ccccc12. The monoisotopic (exact) mass is 359 g/mol. The largest absolute Gasteiger partial charge is 0.496 e. The highest BCUT2D eigenvalue weighted by atomic mass is 32.2. The first kappa shape index (κ1) is 16.8. The minimum absolute atomic E-state index is 0.387. The van der Waals surface area contributed by atoms with Crippen molar-refractivity contribution in [2.75, 3.05) is 13.7 Å². The Morgan fingerprint density at radius 3 is 1.85 bits per heavy atom. The second-order valence-electron chi connectivity index (χ2n) is 5.88. The van der Waals surface area contributed by atoms with Crippen LogP contribution in [0.1, 0.15) is 0 Å². The van der Waals surface area contributed by atoms with Gasteiger partial charge in [-0.3, -0.25) is 0 Å². The molecule has 0 heterocycles. The van der Waals surface area contributed by atoms with Crippen molar-refractivity contribution >= 4 is 33.3 Å². The molecule has 129 valence electrons. The van der Waals surface area contributed by atoms with Gasteiger partial charge in [0.15, 0.2) is 0 Å². The van der Waals surface area contributed by atoms with Gasteiger partial charge in [0.25, 0.3) is 0 Å². The van der Waals surface area contributed by atoms with E-state index in [1.54, 1.807) is 18.9 Å². The molecule has 4 aromatic carbocycles. The minimum Gasteiger partial charge on any atom is -0.496 e. The standard InChI is InChI=1S/C23H19O2S/c1-3-25-21-15-13-17-9-5-7-11-19(17)23(21)26-22-18-10-6-4-8-16(18)12-14-20(22)24-2/h4-15H,1,3H2,2H3. The number of hydrogen-bond donors (Lipinski definition) is 0. The molecule has 0 aromatic heterocycles. The predicted molar refractivity (Wildman–Crippen MR) is 109 cm³/mol. The van der Waals surface area contributed by atoms with Crippen molar-refractivity contribution in [3.63, 3.8) is 0 Å². The number of fused-ring (bicyclic) bond motifs is 2. The van der Waals surface area contributed by atoms with E-state index in [0.717, 1.165) is 21.3 Å². The van der Waals surface area contributed by atoms with Crippen molar-refractivity contribution in [2.24, 2.45) is 0 Å². The predicted octanol–water partition coefficient (Wildman–Crippen LogP) is 6.37. The maximum atomic E-state index is 5.83. The molecule has 0 atom stereocenters. The molecule has 0 aliphatic carbocycles. The van der Waals surface area contributed by atoms with E-state index in [2.05, 4.69) is 67.6 Å². The van der Waals surface area contributed by atoms with Gasteiger partial charge < -0.3 is 9.47 Å². The summed E-state index contributed by atoms with van der Waals surface area (Å²) in [6.07, 6.45) is 0. The second kappa shape index (κ2) is 7.30. The van der Waals surface area contributed by atoms with Crippen molar-refractivity contribution in [3.05, 3.63) is 79.7 Å². The van der Waals surface area contributed by atoms with Gasteiger partial charge in [0.2, 0.25) is 0 Å². The molecule has 0 aliphatic heterocycles. The first-order valence-electron chi connectivity index (χ1n) is 8.49. The summed E-state index contributed by atoms with van der Waals surface area (Å²) in [6, 6.07) is 24.9. The summed E-state index contributed by atoms with van der Waals surface area (Å²) in [5.41, 5.74) is 0. The van der Waals surface area contributed by atoms with E-state index in [-0.39, 0.29) is 0 Å². The Balaban J connectivity index is 1.95. The highest BCUT2D eigenvalue weighted by Crippen LogP contribution is 2.46. The quantitative estimate of drug-likeness (QED) is 0.413. The molecule has 0 fully saturated rings. The van der Waals surface area contributed by atoms with E-state index in [1.165, 1.54) is 21.5 Å². The Labute approximate surface area is 157 Å². The van der Waals surface area contributed by atoms with Crippen LogP contribution in [0.4, 0.5) is 0 Å². The molecular formula is C23H19O2S. The normalized spacial score (nSPS) is 11.0. The fourth-order valence-corrected chi connectivity index (χ4v) is 4.42. The van der Waals surface area contributed by atoms with E-state index in [4.69, 9.17) is 9.47 Å². The van der Waals surface area contributed by atoms with Crippen LogP contribution < -0.4 is 9.47 Å². The lowest BCUT2D eigenvalue weighted by atomic mass is 10.1. The highest BCUT2D eigenvalue weighted by Gasteiger charge is 2.15. The van der Waals surface area contributed by atoms with Gasteiger partial charge in [-0.1, -0.05) is 72.4 Å². The molecule has 0 saturated heterocycles. The first-order valence-corrected chi connectivity index (χ1v) is 9.31. The molecule has 26 heavy (non-hydrogen) atoms. The third-order valence-corrected chi connectivity index (χ3v) is 5.62. The molecule has 4 rings (SSSR count). The van der Waals surface area contributed by atoms with Gasteiger partial charge >= 0.3 is 0 Å². The van der Waals surface area contributed by atoms with Crippen LogP contribution in [0, 0.1) is 6.92 Å². The van der Waals surface area contributed by atoms with Crippen LogP contribution in [0.25, 0.3) is 21.5 Å². The Morgan fingerprint density at radius 2 is 1.27 bits per heavy atom. The molecular weight excluding hydrogens is 340 g/mol. The van der Waals surface area contributed by atoms with E-state index in [9.17, 15) is 0 Å². The molecule has 0 N–H and O–H groups in total. The maximum Gasteiger partial charge on any atom is 0.133 e. The lowest BCUT2D eigenvalue weighted by Crippen LogP contribution is -1.95. The third-order valence-electron chi connectivity index (χ3n) is 4.37. The number of benzene rings is 4. The van der Waals surface area contributed by atoms with Gasteiger partial charge in [0.05, 0.1) is 23.5 Å². The van der Waals surface area contributed by atoms with E-state index >= 15 is 0 Å². The van der Waals surface area contributed by atoms with Gasteiger partial charge in [-0.15, -0.1) is 0 Å². The van der Waals surface area contributed by atoms with Gasteiger partial charge in [0, 0.05) is 0 Å². The van der Waals surface area contributed by atoms with Crippen molar-refractivity contribution in [2.45, 2.75) is 9.79 Å². The summed E-state index contributed by atoms with van der Waals surface area (Å²) in [6.45, 7) is 4.22. The Bertz CT molecular complexity index is 1070. The first-order chi connectivity index (χ1) is 12.8. The van der Waals surface area contributed by atoms with Gasteiger partial charge in [-0.2, -0.15) is 0 Å². The molecule has 0 amide bonds. The zero-order valence-corrected chi connectivity index (χ0v) is 15.4. The molecule has 0 aliphatic rings. The Morgan fingerprint density at radius 1 is 0.731 bits per heavy atom. The third kappa shape index (κ3) is 2.99. The summed E-state index contributed by atoms with van der Waals surface area (Å²) < 4.78 is 11.5. The lowest BCUT2D eigenvalue weighted by molar-refractivity contribution is 0.353. The van der Waals surface area contributed by atoms with Crippen molar-refractivity contribution < 1.29 is 9.47 Å². The molecule has 0 spiro atoms. The van der Waals surface area contributed by atoms with Crippen LogP contribution in [-0.2, 0) is 0 Å². The van der Waals surface area contributed by atoms with Crippen LogP contribution in [0.15, 0.2) is 82.6 Å². The van der Waals surface area contributed by atoms with E-state index in [1.807, 2.05) is 12.1 Å². The number of ether oxygens (including phenoxy) is 2. The molecule has 0 saturated carbocycles. The maximum absolute atomic E-state index is 5.83. The lowest BCUT2D eigenvalue weighted by Gasteiger charge is -2.16. The summed E-state index contributed by atoms with van der Waals surface area (Å²) in [4.78, 5) is 2.18. The second-order valence-corrected chi connectivity index (χ2v) is 6.90. The minimum atomic E-state index is 0.387. The summed E-state index contributed by atoms with van der Waals surface area (Å²) >= 11 is 1.69. The highest BCUT2D eigenvalue weighted by molar-refractivity contribution is 8.00. The molecule has 2 nitrogen and oxygen atoms in total. The Kier molecular flexibility index (Phi) is 4.72. The van der Waals surface area contributed by atoms with E-state index in [0.29, 0.717) is 6.61 Å². The van der Waals surface area contributed by atoms with Crippen molar-refractivity contribution in [3.8, 4) is 11.5 Å². The number of rotatable bonds is 5. The average Bonchev–Trinajstić information content (AvgIpc) is 2.70. The van der Waals surface area contributed by atoms with Gasteiger partial charge in [0.1, 0.15) is 11.5 Å². The van der Waals surface area contributed by atoms with Gasteiger partial charge in [-0.25, -0.2) is 0 Å². The van der Waals surface area contributed by atoms with Crippen LogP contribution in [0.2, 0.25) is 0 Å². The molecule has 4 aromatic rings. The average molecular weight is 359 g/mol. The summed E-state index contributed by atoms with van der Waals surface area (Å²) in [5, 5.41) is 4.71. The molecule has 0 unspecified atom stereocenters. The van der Waals surface area contributed by atoms with Gasteiger partial charge in [-0.05, 0) is 40.6 Å². The van der Waals surface area contributed by atoms with E-state index < -0.39 is 0 Å². The molecule has 1 radical (unpaired) electrons. The van der Waals surface area contributed by atoms with Crippen LogP contribution in [-0.4, -0.2) is 13.7 Å². The fourth-order valence-electron chi connectivity index (χ4n) is 3.14. The van der Waals surface area contributed by atoms with Crippen LogP contribution in [0.5, 0.6) is 11.5 Å². The zero-order chi connectivity index (χ0) is 17.9. The van der Waals surface area contributed by atoms with Crippen molar-refractivity contribution in [1.82, 2.24) is 0 Å². The van der Waals surface area contributed by atoms with Crippen LogP contribution in [0.3, 0.4) is 0 Å². The zero-order valence-electron chi connectivity index (χ0n) is 14.6. The smallest absolute Gasteiger partial charge is 0.133 e. The summed E-state index contributed by atoms with van der Waals surface area (Å²) in [5.74, 6) is 1.71. The fraction of sp³-hybridized carbons (Fsp3) is 0.0870. The van der Waals surface area contributed by atoms with Crippen LogP contribution >= 0.6 is 11.8 Å². The Hall–Kier alpha value is -2.65. The summed E-state index contributed by atoms with van der Waals surface area (Å²) in [7, 11) is 1.71. The topological polar surface area (TPSA) is 18.5 Å². The number of methoxy groups -OCH3 is 1. The molecule has 0 bridgehead atoms. The molecule has 3 heteroatoms. The van der Waals surface area contributed by atoms with Crippen molar-refractivity contribution in [1.29, 1.82) is 0 Å².